The number of morpholine rings is 1. The van der Waals surface area contributed by atoms with Crippen LogP contribution in [0.1, 0.15) is 23.3 Å². The predicted molar refractivity (Wildman–Crippen MR) is 71.5 cm³/mol. The van der Waals surface area contributed by atoms with E-state index in [0.717, 1.165) is 25.2 Å². The summed E-state index contributed by atoms with van der Waals surface area (Å²) in [7, 11) is 0. The molecule has 0 saturated carbocycles. The fourth-order valence-corrected chi connectivity index (χ4v) is 3.58. The van der Waals surface area contributed by atoms with Crippen LogP contribution in [-0.2, 0) is 11.3 Å². The van der Waals surface area contributed by atoms with E-state index in [4.69, 9.17) is 9.84 Å². The number of thiophene rings is 1. The van der Waals surface area contributed by atoms with Crippen molar-refractivity contribution in [2.24, 2.45) is 0 Å². The van der Waals surface area contributed by atoms with Crippen LogP contribution in [0.3, 0.4) is 0 Å². The quantitative estimate of drug-likeness (QED) is 0.820. The molecule has 2 bridgehead atoms. The van der Waals surface area contributed by atoms with Crippen LogP contribution in [0.4, 0.5) is 0 Å². The van der Waals surface area contributed by atoms with Crippen molar-refractivity contribution >= 4 is 11.3 Å². The monoisotopic (exact) mass is 263 g/mol. The molecule has 3 nitrogen and oxygen atoms in total. The third-order valence-corrected chi connectivity index (χ3v) is 4.39. The lowest BCUT2D eigenvalue weighted by Crippen LogP contribution is -2.41. The Morgan fingerprint density at radius 3 is 2.89 bits per heavy atom. The summed E-state index contributed by atoms with van der Waals surface area (Å²) >= 11 is 1.75. The smallest absolute Gasteiger partial charge is 0.104 e. The summed E-state index contributed by atoms with van der Waals surface area (Å²) < 4.78 is 5.84. The molecule has 96 valence electrons. The molecule has 2 atom stereocenters. The normalized spacial score (nSPS) is 26.9. The van der Waals surface area contributed by atoms with Crippen LogP contribution in [0, 0.1) is 11.8 Å². The second-order valence-electron chi connectivity index (χ2n) is 4.91. The van der Waals surface area contributed by atoms with E-state index in [9.17, 15) is 0 Å². The zero-order valence-electron chi connectivity index (χ0n) is 10.3. The number of aliphatic hydroxyl groups is 1. The van der Waals surface area contributed by atoms with Crippen LogP contribution >= 0.6 is 11.3 Å². The van der Waals surface area contributed by atoms with Crippen molar-refractivity contribution in [1.29, 1.82) is 0 Å². The highest BCUT2D eigenvalue weighted by atomic mass is 32.1. The SMILES string of the molecule is OCC#Cc1csc(CN2CC3CCC(C2)O3)c1. The molecule has 0 amide bonds. The van der Waals surface area contributed by atoms with Crippen LogP contribution in [0.25, 0.3) is 0 Å². The van der Waals surface area contributed by atoms with Gasteiger partial charge in [-0.25, -0.2) is 0 Å². The van der Waals surface area contributed by atoms with E-state index in [1.165, 1.54) is 17.7 Å². The van der Waals surface area contributed by atoms with Crippen molar-refractivity contribution in [3.63, 3.8) is 0 Å². The predicted octanol–water partition coefficient (Wildman–Crippen LogP) is 1.46. The van der Waals surface area contributed by atoms with Gasteiger partial charge in [-0.05, 0) is 18.9 Å². The number of rotatable bonds is 2. The summed E-state index contributed by atoms with van der Waals surface area (Å²) in [6.45, 7) is 3.05. The second kappa shape index (κ2) is 5.41. The maximum Gasteiger partial charge on any atom is 0.104 e. The van der Waals surface area contributed by atoms with Gasteiger partial charge in [0, 0.05) is 35.5 Å². The van der Waals surface area contributed by atoms with Crippen molar-refractivity contribution in [2.45, 2.75) is 31.6 Å². The van der Waals surface area contributed by atoms with E-state index >= 15 is 0 Å². The van der Waals surface area contributed by atoms with Crippen LogP contribution < -0.4 is 0 Å². The van der Waals surface area contributed by atoms with Gasteiger partial charge in [-0.15, -0.1) is 11.3 Å². The molecule has 18 heavy (non-hydrogen) atoms. The lowest BCUT2D eigenvalue weighted by Gasteiger charge is -2.31. The maximum atomic E-state index is 8.67. The van der Waals surface area contributed by atoms with Gasteiger partial charge >= 0.3 is 0 Å². The van der Waals surface area contributed by atoms with Gasteiger partial charge in [0.15, 0.2) is 0 Å². The van der Waals surface area contributed by atoms with Gasteiger partial charge in [-0.2, -0.15) is 0 Å². The zero-order chi connectivity index (χ0) is 12.4. The lowest BCUT2D eigenvalue weighted by atomic mass is 10.2. The molecule has 0 radical (unpaired) electrons. The van der Waals surface area contributed by atoms with Gasteiger partial charge in [0.2, 0.25) is 0 Å². The van der Waals surface area contributed by atoms with E-state index in [1.807, 2.05) is 0 Å². The molecule has 1 N–H and O–H groups in total. The average molecular weight is 263 g/mol. The number of aliphatic hydroxyl groups excluding tert-OH is 1. The molecule has 4 heteroatoms. The van der Waals surface area contributed by atoms with Crippen molar-refractivity contribution < 1.29 is 9.84 Å². The van der Waals surface area contributed by atoms with Gasteiger partial charge in [0.25, 0.3) is 0 Å². The van der Waals surface area contributed by atoms with Gasteiger partial charge in [-0.1, -0.05) is 11.8 Å². The molecule has 3 rings (SSSR count). The zero-order valence-corrected chi connectivity index (χ0v) is 11.1. The Morgan fingerprint density at radius 1 is 1.39 bits per heavy atom. The highest BCUT2D eigenvalue weighted by Gasteiger charge is 2.33. The third kappa shape index (κ3) is 2.76. The molecule has 0 aliphatic carbocycles. The number of ether oxygens (including phenoxy) is 1. The minimum atomic E-state index is -0.0714. The van der Waals surface area contributed by atoms with Crippen molar-refractivity contribution in [3.05, 3.63) is 21.9 Å². The summed E-state index contributed by atoms with van der Waals surface area (Å²) in [5, 5.41) is 10.7. The highest BCUT2D eigenvalue weighted by molar-refractivity contribution is 7.10. The van der Waals surface area contributed by atoms with Crippen molar-refractivity contribution in [3.8, 4) is 11.8 Å². The van der Waals surface area contributed by atoms with Crippen molar-refractivity contribution in [2.75, 3.05) is 19.7 Å². The summed E-state index contributed by atoms with van der Waals surface area (Å²) in [5.74, 6) is 5.63. The highest BCUT2D eigenvalue weighted by Crippen LogP contribution is 2.28. The van der Waals surface area contributed by atoms with Gasteiger partial charge in [0.1, 0.15) is 6.61 Å². The van der Waals surface area contributed by atoms with Crippen LogP contribution in [0.15, 0.2) is 11.4 Å². The first-order valence-corrected chi connectivity index (χ1v) is 7.26. The molecule has 2 aliphatic rings. The van der Waals surface area contributed by atoms with Gasteiger partial charge in [0.05, 0.1) is 12.2 Å². The second-order valence-corrected chi connectivity index (χ2v) is 5.91. The Kier molecular flexibility index (Phi) is 3.67. The number of hydrogen-bond acceptors (Lipinski definition) is 4. The first-order chi connectivity index (χ1) is 8.83. The standard InChI is InChI=1S/C14H17NO2S/c16-5-1-2-11-6-14(18-10-11)9-15-7-12-3-4-13(8-15)17-12/h6,10,12-13,16H,3-5,7-9H2. The molecular formula is C14H17NO2S. The van der Waals surface area contributed by atoms with Crippen molar-refractivity contribution in [1.82, 2.24) is 4.90 Å². The number of nitrogens with zero attached hydrogens (tertiary/aromatic N) is 1. The lowest BCUT2D eigenvalue weighted by molar-refractivity contribution is -0.0407. The van der Waals surface area contributed by atoms with E-state index in [-0.39, 0.29) is 6.61 Å². The van der Waals surface area contributed by atoms with Crippen LogP contribution in [0.5, 0.6) is 0 Å². The summed E-state index contributed by atoms with van der Waals surface area (Å²) in [5.41, 5.74) is 1.01. The van der Waals surface area contributed by atoms with E-state index < -0.39 is 0 Å². The van der Waals surface area contributed by atoms with E-state index in [1.54, 1.807) is 11.3 Å². The van der Waals surface area contributed by atoms with Gasteiger partial charge < -0.3 is 9.84 Å². The molecule has 1 aromatic rings. The Hall–Kier alpha value is -0.860. The first kappa shape index (κ1) is 12.2. The fourth-order valence-electron chi connectivity index (χ4n) is 2.72. The topological polar surface area (TPSA) is 32.7 Å². The summed E-state index contributed by atoms with van der Waals surface area (Å²) in [6, 6.07) is 2.13. The Balaban J connectivity index is 1.61. The summed E-state index contributed by atoms with van der Waals surface area (Å²) in [4.78, 5) is 3.83. The molecule has 0 spiro atoms. The van der Waals surface area contributed by atoms with E-state index in [0.29, 0.717) is 12.2 Å². The molecule has 2 aliphatic heterocycles. The molecular weight excluding hydrogens is 246 g/mol. The molecule has 1 aromatic heterocycles. The average Bonchev–Trinajstić information content (AvgIpc) is 2.94. The Labute approximate surface area is 111 Å². The largest absolute Gasteiger partial charge is 0.384 e. The molecule has 2 saturated heterocycles. The number of hydrogen-bond donors (Lipinski definition) is 1. The Morgan fingerprint density at radius 2 is 2.17 bits per heavy atom. The number of likely N-dealkylation sites (tertiary alicyclic amines) is 1. The van der Waals surface area contributed by atoms with Crippen LogP contribution in [-0.4, -0.2) is 41.9 Å². The fraction of sp³-hybridized carbons (Fsp3) is 0.571. The Bertz CT molecular complexity index is 462. The van der Waals surface area contributed by atoms with E-state index in [2.05, 4.69) is 28.2 Å². The third-order valence-electron chi connectivity index (χ3n) is 3.46. The molecule has 0 aromatic carbocycles. The van der Waals surface area contributed by atoms with Gasteiger partial charge in [-0.3, -0.25) is 4.90 Å². The first-order valence-electron chi connectivity index (χ1n) is 6.38. The molecule has 2 fully saturated rings. The maximum absolute atomic E-state index is 8.67. The molecule has 2 unspecified atom stereocenters. The minimum absolute atomic E-state index is 0.0714. The minimum Gasteiger partial charge on any atom is -0.384 e. The number of fused-ring (bicyclic) bond motifs is 2. The summed E-state index contributed by atoms with van der Waals surface area (Å²) in [6.07, 6.45) is 3.35. The van der Waals surface area contributed by atoms with Crippen LogP contribution in [0.2, 0.25) is 0 Å². The molecule has 3 heterocycles.